The van der Waals surface area contributed by atoms with Crippen LogP contribution < -0.4 is 10.1 Å². The third-order valence-corrected chi connectivity index (χ3v) is 7.00. The lowest BCUT2D eigenvalue weighted by Gasteiger charge is -2.31. The maximum absolute atomic E-state index is 13.3. The fourth-order valence-electron chi connectivity index (χ4n) is 5.11. The Kier molecular flexibility index (Phi) is 8.39. The van der Waals surface area contributed by atoms with Gasteiger partial charge in [0, 0.05) is 18.5 Å². The number of aliphatic carboxylic acids is 1. The Hall–Kier alpha value is -4.66. The van der Waals surface area contributed by atoms with E-state index < -0.39 is 12.0 Å². The molecule has 0 unspecified atom stereocenters. The number of carboxylic acid groups (broad SMARTS) is 1. The smallest absolute Gasteiger partial charge is 0.323 e. The summed E-state index contributed by atoms with van der Waals surface area (Å²) in [4.78, 5) is 44.6. The Morgan fingerprint density at radius 2 is 1.65 bits per heavy atom. The average molecular weight is 541 g/mol. The zero-order chi connectivity index (χ0) is 27.9. The molecule has 206 valence electrons. The summed E-state index contributed by atoms with van der Waals surface area (Å²) in [6.45, 7) is 1.04. The van der Waals surface area contributed by atoms with Crippen molar-refractivity contribution in [3.05, 3.63) is 95.6 Å². The second-order valence-electron chi connectivity index (χ2n) is 9.93. The molecular formula is C31H32N4O5. The lowest BCUT2D eigenvalue weighted by molar-refractivity contribution is -0.145. The number of carboxylic acids is 1. The van der Waals surface area contributed by atoms with Crippen molar-refractivity contribution in [1.82, 2.24) is 15.1 Å². The molecule has 2 heterocycles. The Morgan fingerprint density at radius 3 is 2.33 bits per heavy atom. The number of rotatable bonds is 12. The van der Waals surface area contributed by atoms with Crippen LogP contribution >= 0.6 is 0 Å². The van der Waals surface area contributed by atoms with Crippen LogP contribution in [0.25, 0.3) is 0 Å². The molecule has 40 heavy (non-hydrogen) atoms. The van der Waals surface area contributed by atoms with Gasteiger partial charge in [0.2, 0.25) is 17.8 Å². The topological polar surface area (TPSA) is 112 Å². The molecule has 1 saturated heterocycles. The van der Waals surface area contributed by atoms with E-state index in [4.69, 9.17) is 4.74 Å². The number of carbonyl (C=O) groups is 3. The van der Waals surface area contributed by atoms with Crippen LogP contribution in [0.3, 0.4) is 0 Å². The van der Waals surface area contributed by atoms with E-state index in [1.54, 1.807) is 0 Å². The minimum Gasteiger partial charge on any atom is -0.494 e. The SMILES string of the molecule is O=C(O)CN(C(=O)CCCCCOc1ccc2c(c1)CN1CC(=O)NC1=N2)C(c1ccccc1)c1ccccc1. The molecule has 2 N–H and O–H groups in total. The van der Waals surface area contributed by atoms with Gasteiger partial charge in [0.15, 0.2) is 0 Å². The van der Waals surface area contributed by atoms with Gasteiger partial charge in [0.1, 0.15) is 18.8 Å². The van der Waals surface area contributed by atoms with Crippen LogP contribution in [0.1, 0.15) is 48.4 Å². The van der Waals surface area contributed by atoms with Gasteiger partial charge in [-0.2, -0.15) is 0 Å². The van der Waals surface area contributed by atoms with E-state index in [1.165, 1.54) is 4.90 Å². The van der Waals surface area contributed by atoms with Crippen LogP contribution in [-0.2, 0) is 20.9 Å². The van der Waals surface area contributed by atoms with Crippen molar-refractivity contribution in [2.24, 2.45) is 4.99 Å². The van der Waals surface area contributed by atoms with Gasteiger partial charge >= 0.3 is 5.97 Å². The van der Waals surface area contributed by atoms with Gasteiger partial charge in [-0.3, -0.25) is 19.7 Å². The van der Waals surface area contributed by atoms with Crippen molar-refractivity contribution in [3.63, 3.8) is 0 Å². The summed E-state index contributed by atoms with van der Waals surface area (Å²) in [6, 6.07) is 24.3. The molecule has 0 aliphatic carbocycles. The summed E-state index contributed by atoms with van der Waals surface area (Å²) < 4.78 is 5.94. The highest BCUT2D eigenvalue weighted by atomic mass is 16.5. The van der Waals surface area contributed by atoms with E-state index in [9.17, 15) is 19.5 Å². The number of nitrogens with zero attached hydrogens (tertiary/aromatic N) is 3. The lowest BCUT2D eigenvalue weighted by atomic mass is 9.96. The van der Waals surface area contributed by atoms with Crippen molar-refractivity contribution >= 4 is 29.4 Å². The fourth-order valence-corrected chi connectivity index (χ4v) is 5.11. The first-order valence-electron chi connectivity index (χ1n) is 13.5. The Bertz CT molecular complexity index is 1350. The minimum absolute atomic E-state index is 0.0526. The van der Waals surface area contributed by atoms with Crippen molar-refractivity contribution in [2.45, 2.75) is 38.3 Å². The molecule has 0 atom stereocenters. The summed E-state index contributed by atoms with van der Waals surface area (Å²) in [7, 11) is 0. The molecule has 1 fully saturated rings. The van der Waals surface area contributed by atoms with Gasteiger partial charge < -0.3 is 19.6 Å². The highest BCUT2D eigenvalue weighted by molar-refractivity contribution is 6.05. The molecule has 9 nitrogen and oxygen atoms in total. The number of aliphatic imine (C=N–C) groups is 1. The second-order valence-corrected chi connectivity index (χ2v) is 9.93. The van der Waals surface area contributed by atoms with E-state index in [2.05, 4.69) is 10.3 Å². The van der Waals surface area contributed by atoms with E-state index in [-0.39, 0.29) is 24.8 Å². The summed E-state index contributed by atoms with van der Waals surface area (Å²) >= 11 is 0. The van der Waals surface area contributed by atoms with Crippen LogP contribution in [0.15, 0.2) is 83.9 Å². The normalized spacial score (nSPS) is 13.8. The Labute approximate surface area is 233 Å². The maximum atomic E-state index is 13.3. The number of nitrogens with one attached hydrogen (secondary N) is 1. The van der Waals surface area contributed by atoms with Crippen molar-refractivity contribution < 1.29 is 24.2 Å². The second kappa shape index (κ2) is 12.5. The standard InChI is InChI=1S/C31H32N4O5/c36-27-20-34-19-24-18-25(15-16-26(24)32-31(34)33-27)40-17-9-3-8-14-28(37)35(21-29(38)39)30(22-10-4-1-5-11-22)23-12-6-2-7-13-23/h1-2,4-7,10-13,15-16,18,30H,3,8-9,14,17,19-21H2,(H,38,39)(H,32,33,36). The van der Waals surface area contributed by atoms with E-state index >= 15 is 0 Å². The van der Waals surface area contributed by atoms with Gasteiger partial charge in [0.05, 0.1) is 18.3 Å². The number of hydrogen-bond acceptors (Lipinski definition) is 6. The van der Waals surface area contributed by atoms with E-state index in [1.807, 2.05) is 83.8 Å². The highest BCUT2D eigenvalue weighted by Crippen LogP contribution is 2.31. The summed E-state index contributed by atoms with van der Waals surface area (Å²) in [5.41, 5.74) is 3.58. The number of amides is 2. The first kappa shape index (κ1) is 26.9. The van der Waals surface area contributed by atoms with E-state index in [0.717, 1.165) is 41.0 Å². The molecule has 0 bridgehead atoms. The molecule has 9 heteroatoms. The number of unbranched alkanes of at least 4 members (excludes halogenated alkanes) is 2. The Balaban J connectivity index is 1.14. The molecule has 0 saturated carbocycles. The van der Waals surface area contributed by atoms with Gasteiger partial charge in [-0.1, -0.05) is 60.7 Å². The van der Waals surface area contributed by atoms with Crippen molar-refractivity contribution in [3.8, 4) is 5.75 Å². The first-order valence-corrected chi connectivity index (χ1v) is 13.5. The molecule has 2 aliphatic heterocycles. The van der Waals surface area contributed by atoms with Crippen molar-refractivity contribution in [2.75, 3.05) is 19.7 Å². The molecule has 2 aliphatic rings. The molecular weight excluding hydrogens is 508 g/mol. The minimum atomic E-state index is -1.04. The third-order valence-electron chi connectivity index (χ3n) is 7.00. The zero-order valence-electron chi connectivity index (χ0n) is 22.2. The van der Waals surface area contributed by atoms with Crippen LogP contribution in [0.2, 0.25) is 0 Å². The predicted octanol–water partition coefficient (Wildman–Crippen LogP) is 4.26. The van der Waals surface area contributed by atoms with Crippen LogP contribution in [0, 0.1) is 0 Å². The highest BCUT2D eigenvalue weighted by Gasteiger charge is 2.30. The van der Waals surface area contributed by atoms with Crippen LogP contribution in [0.5, 0.6) is 5.75 Å². The summed E-state index contributed by atoms with van der Waals surface area (Å²) in [5, 5.41) is 12.4. The molecule has 5 rings (SSSR count). The van der Waals surface area contributed by atoms with Gasteiger partial charge in [-0.25, -0.2) is 4.99 Å². The van der Waals surface area contributed by atoms with Crippen LogP contribution in [0.4, 0.5) is 5.69 Å². The summed E-state index contributed by atoms with van der Waals surface area (Å²) in [5.74, 6) is 0.0570. The number of fused-ring (bicyclic) bond motifs is 2. The van der Waals surface area contributed by atoms with Gasteiger partial charge in [0.25, 0.3) is 0 Å². The third kappa shape index (κ3) is 6.48. The number of benzene rings is 3. The zero-order valence-corrected chi connectivity index (χ0v) is 22.2. The number of carbonyl (C=O) groups excluding carboxylic acids is 2. The first-order chi connectivity index (χ1) is 19.5. The monoisotopic (exact) mass is 540 g/mol. The number of hydrogen-bond donors (Lipinski definition) is 2. The Morgan fingerprint density at radius 1 is 0.950 bits per heavy atom. The molecule has 3 aromatic carbocycles. The fraction of sp³-hybridized carbons (Fsp3) is 0.290. The summed E-state index contributed by atoms with van der Waals surface area (Å²) in [6.07, 6.45) is 2.42. The quantitative estimate of drug-likeness (QED) is 0.332. The van der Waals surface area contributed by atoms with Crippen molar-refractivity contribution in [1.29, 1.82) is 0 Å². The molecule has 0 spiro atoms. The van der Waals surface area contributed by atoms with E-state index in [0.29, 0.717) is 32.1 Å². The average Bonchev–Trinajstić information content (AvgIpc) is 3.32. The maximum Gasteiger partial charge on any atom is 0.323 e. The van der Waals surface area contributed by atoms with Gasteiger partial charge in [-0.15, -0.1) is 0 Å². The van der Waals surface area contributed by atoms with Crippen LogP contribution in [-0.4, -0.2) is 58.3 Å². The lowest BCUT2D eigenvalue weighted by Crippen LogP contribution is -2.39. The molecule has 2 amide bonds. The molecule has 0 radical (unpaired) electrons. The van der Waals surface area contributed by atoms with Gasteiger partial charge in [-0.05, 0) is 48.6 Å². The largest absolute Gasteiger partial charge is 0.494 e. The number of ether oxygens (including phenoxy) is 1. The molecule has 3 aromatic rings. The molecule has 0 aromatic heterocycles. The predicted molar refractivity (Wildman–Crippen MR) is 150 cm³/mol. The number of guanidine groups is 1.